The SMILES string of the molecule is N#Cc1c[nH]c2ccc(CCNC(=O)c3ccc(-c4ccc(=O)[nH]n4)cc3)cc12. The number of benzene rings is 2. The fourth-order valence-electron chi connectivity index (χ4n) is 3.14. The molecule has 7 nitrogen and oxygen atoms in total. The van der Waals surface area contributed by atoms with E-state index in [1.165, 1.54) is 6.07 Å². The van der Waals surface area contributed by atoms with Crippen molar-refractivity contribution in [3.05, 3.63) is 87.8 Å². The van der Waals surface area contributed by atoms with E-state index in [9.17, 15) is 9.59 Å². The molecule has 3 N–H and O–H groups in total. The van der Waals surface area contributed by atoms with Crippen molar-refractivity contribution in [1.82, 2.24) is 20.5 Å². The zero-order valence-electron chi connectivity index (χ0n) is 15.4. The summed E-state index contributed by atoms with van der Waals surface area (Å²) in [5, 5.41) is 19.3. The minimum Gasteiger partial charge on any atom is -0.360 e. The van der Waals surface area contributed by atoms with Crippen LogP contribution in [0.1, 0.15) is 21.5 Å². The first-order valence-corrected chi connectivity index (χ1v) is 9.08. The summed E-state index contributed by atoms with van der Waals surface area (Å²) in [7, 11) is 0. The summed E-state index contributed by atoms with van der Waals surface area (Å²) in [6, 6.07) is 18.1. The van der Waals surface area contributed by atoms with Gasteiger partial charge in [-0.05, 0) is 42.3 Å². The zero-order chi connectivity index (χ0) is 20.2. The van der Waals surface area contributed by atoms with Crippen LogP contribution < -0.4 is 10.9 Å². The van der Waals surface area contributed by atoms with E-state index in [1.807, 2.05) is 18.2 Å². The molecule has 2 aromatic heterocycles. The van der Waals surface area contributed by atoms with Gasteiger partial charge in [-0.2, -0.15) is 10.4 Å². The Kier molecular flexibility index (Phi) is 4.91. The van der Waals surface area contributed by atoms with Crippen LogP contribution in [0.2, 0.25) is 0 Å². The van der Waals surface area contributed by atoms with Crippen LogP contribution in [0.25, 0.3) is 22.2 Å². The fraction of sp³-hybridized carbons (Fsp3) is 0.0909. The molecule has 0 radical (unpaired) electrons. The second-order valence-corrected chi connectivity index (χ2v) is 6.58. The number of amides is 1. The predicted molar refractivity (Wildman–Crippen MR) is 109 cm³/mol. The average molecular weight is 383 g/mol. The van der Waals surface area contributed by atoms with Gasteiger partial charge in [0, 0.05) is 40.8 Å². The van der Waals surface area contributed by atoms with Gasteiger partial charge < -0.3 is 10.3 Å². The molecule has 0 saturated carbocycles. The van der Waals surface area contributed by atoms with Crippen LogP contribution in [0.5, 0.6) is 0 Å². The third kappa shape index (κ3) is 3.92. The summed E-state index contributed by atoms with van der Waals surface area (Å²) in [5.74, 6) is -0.161. The highest BCUT2D eigenvalue weighted by Crippen LogP contribution is 2.19. The second kappa shape index (κ2) is 7.82. The Morgan fingerprint density at radius 2 is 1.93 bits per heavy atom. The largest absolute Gasteiger partial charge is 0.360 e. The molecule has 0 atom stereocenters. The predicted octanol–water partition coefficient (Wildman–Crippen LogP) is 2.76. The van der Waals surface area contributed by atoms with Crippen molar-refractivity contribution in [2.24, 2.45) is 0 Å². The summed E-state index contributed by atoms with van der Waals surface area (Å²) in [4.78, 5) is 26.5. The number of hydrogen-bond donors (Lipinski definition) is 3. The van der Waals surface area contributed by atoms with E-state index < -0.39 is 0 Å². The number of nitrogens with one attached hydrogen (secondary N) is 3. The first kappa shape index (κ1) is 18.2. The van der Waals surface area contributed by atoms with Crippen LogP contribution >= 0.6 is 0 Å². The maximum atomic E-state index is 12.4. The van der Waals surface area contributed by atoms with Crippen molar-refractivity contribution in [3.8, 4) is 17.3 Å². The summed E-state index contributed by atoms with van der Waals surface area (Å²) < 4.78 is 0. The zero-order valence-corrected chi connectivity index (χ0v) is 15.4. The molecule has 0 saturated heterocycles. The summed E-state index contributed by atoms with van der Waals surface area (Å²) in [5.41, 5.74) is 4.32. The van der Waals surface area contributed by atoms with Gasteiger partial charge in [0.2, 0.25) is 0 Å². The maximum Gasteiger partial charge on any atom is 0.264 e. The average Bonchev–Trinajstić information content (AvgIpc) is 3.17. The standard InChI is InChI=1S/C22H17N5O2/c23-12-17-13-25-20-6-1-14(11-18(17)20)9-10-24-22(29)16-4-2-15(3-5-16)19-7-8-21(28)27-26-19/h1-8,11,13,25H,9-10H2,(H,24,29)(H,27,28). The molecule has 29 heavy (non-hydrogen) atoms. The molecule has 0 fully saturated rings. The Morgan fingerprint density at radius 3 is 2.66 bits per heavy atom. The molecule has 0 unspecified atom stereocenters. The van der Waals surface area contributed by atoms with Gasteiger partial charge in [0.15, 0.2) is 0 Å². The Hall–Kier alpha value is -4.18. The van der Waals surface area contributed by atoms with Gasteiger partial charge in [-0.3, -0.25) is 9.59 Å². The number of nitrogens with zero attached hydrogens (tertiary/aromatic N) is 2. The van der Waals surface area contributed by atoms with E-state index in [0.29, 0.717) is 29.8 Å². The van der Waals surface area contributed by atoms with Gasteiger partial charge in [-0.15, -0.1) is 0 Å². The van der Waals surface area contributed by atoms with Gasteiger partial charge in [-0.1, -0.05) is 18.2 Å². The number of aromatic nitrogens is 3. The summed E-state index contributed by atoms with van der Waals surface area (Å²) in [6.45, 7) is 0.486. The first-order valence-electron chi connectivity index (χ1n) is 9.08. The topological polar surface area (TPSA) is 114 Å². The second-order valence-electron chi connectivity index (χ2n) is 6.58. The smallest absolute Gasteiger partial charge is 0.264 e. The van der Waals surface area contributed by atoms with Crippen molar-refractivity contribution in [3.63, 3.8) is 0 Å². The third-order valence-corrected chi connectivity index (χ3v) is 4.69. The minimum atomic E-state index is -0.260. The van der Waals surface area contributed by atoms with Crippen LogP contribution in [-0.4, -0.2) is 27.6 Å². The van der Waals surface area contributed by atoms with Crippen LogP contribution in [0, 0.1) is 11.3 Å². The van der Waals surface area contributed by atoms with Gasteiger partial charge in [-0.25, -0.2) is 5.10 Å². The lowest BCUT2D eigenvalue weighted by Gasteiger charge is -2.07. The van der Waals surface area contributed by atoms with E-state index in [1.54, 1.807) is 36.5 Å². The van der Waals surface area contributed by atoms with E-state index >= 15 is 0 Å². The van der Waals surface area contributed by atoms with Gasteiger partial charge in [0.05, 0.1) is 11.3 Å². The lowest BCUT2D eigenvalue weighted by molar-refractivity contribution is 0.0954. The Labute approximate surface area is 166 Å². The molecule has 0 spiro atoms. The van der Waals surface area contributed by atoms with Crippen molar-refractivity contribution in [1.29, 1.82) is 5.26 Å². The minimum absolute atomic E-state index is 0.161. The Morgan fingerprint density at radius 1 is 1.10 bits per heavy atom. The van der Waals surface area contributed by atoms with Crippen LogP contribution in [0.15, 0.2) is 65.6 Å². The molecule has 0 aliphatic heterocycles. The summed E-state index contributed by atoms with van der Waals surface area (Å²) >= 11 is 0. The number of carbonyl (C=O) groups is 1. The van der Waals surface area contributed by atoms with Gasteiger partial charge in [0.1, 0.15) is 6.07 Å². The van der Waals surface area contributed by atoms with Crippen molar-refractivity contribution in [2.45, 2.75) is 6.42 Å². The molecule has 4 aromatic rings. The number of H-pyrrole nitrogens is 2. The molecule has 0 aliphatic rings. The van der Waals surface area contributed by atoms with Crippen molar-refractivity contribution < 1.29 is 4.79 Å². The number of fused-ring (bicyclic) bond motifs is 1. The van der Waals surface area contributed by atoms with E-state index in [2.05, 4.69) is 26.6 Å². The van der Waals surface area contributed by atoms with E-state index in [-0.39, 0.29) is 11.5 Å². The van der Waals surface area contributed by atoms with Crippen LogP contribution in [0.4, 0.5) is 0 Å². The molecule has 142 valence electrons. The number of hydrogen-bond acceptors (Lipinski definition) is 4. The Balaban J connectivity index is 1.38. The lowest BCUT2D eigenvalue weighted by Crippen LogP contribution is -2.25. The molecule has 2 heterocycles. The molecule has 2 aromatic carbocycles. The van der Waals surface area contributed by atoms with Crippen molar-refractivity contribution >= 4 is 16.8 Å². The third-order valence-electron chi connectivity index (χ3n) is 4.69. The number of nitriles is 1. The van der Waals surface area contributed by atoms with Crippen LogP contribution in [-0.2, 0) is 6.42 Å². The molecular formula is C22H17N5O2. The number of carbonyl (C=O) groups excluding carboxylic acids is 1. The highest BCUT2D eigenvalue weighted by atomic mass is 16.1. The van der Waals surface area contributed by atoms with Gasteiger partial charge >= 0.3 is 0 Å². The van der Waals surface area contributed by atoms with Crippen LogP contribution in [0.3, 0.4) is 0 Å². The fourth-order valence-corrected chi connectivity index (χ4v) is 3.14. The maximum absolute atomic E-state index is 12.4. The molecule has 7 heteroatoms. The lowest BCUT2D eigenvalue weighted by atomic mass is 10.1. The quantitative estimate of drug-likeness (QED) is 0.491. The monoisotopic (exact) mass is 383 g/mol. The van der Waals surface area contributed by atoms with E-state index in [4.69, 9.17) is 5.26 Å². The number of rotatable bonds is 5. The number of aromatic amines is 2. The van der Waals surface area contributed by atoms with E-state index in [0.717, 1.165) is 22.0 Å². The molecule has 1 amide bonds. The summed E-state index contributed by atoms with van der Waals surface area (Å²) in [6.07, 6.45) is 2.36. The molecule has 0 aliphatic carbocycles. The molecular weight excluding hydrogens is 366 g/mol. The first-order chi connectivity index (χ1) is 14.1. The highest BCUT2D eigenvalue weighted by molar-refractivity contribution is 5.94. The van der Waals surface area contributed by atoms with Crippen molar-refractivity contribution in [2.75, 3.05) is 6.54 Å². The molecule has 0 bridgehead atoms. The highest BCUT2D eigenvalue weighted by Gasteiger charge is 2.08. The normalized spacial score (nSPS) is 10.6. The molecule has 4 rings (SSSR count). The van der Waals surface area contributed by atoms with Gasteiger partial charge in [0.25, 0.3) is 11.5 Å². The Bertz CT molecular complexity index is 1260.